The molecule has 6 nitrogen and oxygen atoms in total. The third-order valence-corrected chi connectivity index (χ3v) is 7.24. The predicted octanol–water partition coefficient (Wildman–Crippen LogP) is 3.89. The van der Waals surface area contributed by atoms with Crippen LogP contribution in [0.3, 0.4) is 0 Å². The fraction of sp³-hybridized carbons (Fsp3) is 0.143. The zero-order chi connectivity index (χ0) is 20.6. The Kier molecular flexibility index (Phi) is 4.86. The number of sulfonamides is 1. The molecule has 0 radical (unpaired) electrons. The molecule has 1 atom stereocenters. The minimum Gasteiger partial charge on any atom is -0.494 e. The van der Waals surface area contributed by atoms with Gasteiger partial charge in [-0.2, -0.15) is 16.6 Å². The Bertz CT molecular complexity index is 1230. The number of carbonyl (C=O) groups is 1. The van der Waals surface area contributed by atoms with Gasteiger partial charge in [0.1, 0.15) is 5.75 Å². The minimum absolute atomic E-state index is 0.0601. The molecule has 1 aromatic heterocycles. The number of hydrogen-bond acceptors (Lipinski definition) is 6. The number of hydrogen-bond donors (Lipinski definition) is 0. The van der Waals surface area contributed by atoms with Crippen LogP contribution in [0, 0.1) is 11.3 Å². The van der Waals surface area contributed by atoms with Crippen molar-refractivity contribution in [1.82, 2.24) is 0 Å². The van der Waals surface area contributed by atoms with Crippen LogP contribution in [0.15, 0.2) is 64.2 Å². The van der Waals surface area contributed by atoms with Gasteiger partial charge in [0.05, 0.1) is 34.7 Å². The summed E-state index contributed by atoms with van der Waals surface area (Å²) in [6, 6.07) is 15.2. The number of anilines is 1. The van der Waals surface area contributed by atoms with Gasteiger partial charge in [-0.25, -0.2) is 12.7 Å². The zero-order valence-corrected chi connectivity index (χ0v) is 17.0. The largest absolute Gasteiger partial charge is 0.494 e. The van der Waals surface area contributed by atoms with Gasteiger partial charge in [0, 0.05) is 10.9 Å². The lowest BCUT2D eigenvalue weighted by Crippen LogP contribution is -2.35. The van der Waals surface area contributed by atoms with Crippen molar-refractivity contribution in [2.75, 3.05) is 10.9 Å². The van der Waals surface area contributed by atoms with Gasteiger partial charge < -0.3 is 4.74 Å². The van der Waals surface area contributed by atoms with E-state index in [0.717, 1.165) is 4.31 Å². The summed E-state index contributed by atoms with van der Waals surface area (Å²) in [5.74, 6) is -0.959. The molecule has 8 heteroatoms. The third-order valence-electron chi connectivity index (χ3n) is 4.70. The second kappa shape index (κ2) is 7.35. The fourth-order valence-corrected chi connectivity index (χ4v) is 5.94. The molecule has 2 heterocycles. The Morgan fingerprint density at radius 1 is 1.17 bits per heavy atom. The lowest BCUT2D eigenvalue weighted by molar-refractivity contribution is -0.117. The van der Waals surface area contributed by atoms with Gasteiger partial charge in [-0.1, -0.05) is 18.2 Å². The van der Waals surface area contributed by atoms with Gasteiger partial charge in [0.15, 0.2) is 0 Å². The molecule has 1 aliphatic heterocycles. The van der Waals surface area contributed by atoms with Crippen LogP contribution in [-0.2, 0) is 14.8 Å². The molecular formula is C21H16N2O4S2. The molecule has 0 saturated carbocycles. The Hall–Kier alpha value is -3.15. The summed E-state index contributed by atoms with van der Waals surface area (Å²) in [6.07, 6.45) is 0. The number of rotatable bonds is 5. The molecular weight excluding hydrogens is 408 g/mol. The molecule has 0 N–H and O–H groups in total. The summed E-state index contributed by atoms with van der Waals surface area (Å²) in [7, 11) is -4.07. The second-order valence-corrected chi connectivity index (χ2v) is 8.92. The number of ether oxygens (including phenoxy) is 1. The molecule has 1 amide bonds. The summed E-state index contributed by atoms with van der Waals surface area (Å²) in [4.78, 5) is 13.5. The van der Waals surface area contributed by atoms with Crippen LogP contribution in [0.2, 0.25) is 0 Å². The average molecular weight is 425 g/mol. The van der Waals surface area contributed by atoms with Gasteiger partial charge in [0.25, 0.3) is 15.9 Å². The molecule has 3 aromatic rings. The molecule has 0 saturated heterocycles. The smallest absolute Gasteiger partial charge is 0.271 e. The van der Waals surface area contributed by atoms with E-state index in [1.165, 1.54) is 34.9 Å². The predicted molar refractivity (Wildman–Crippen MR) is 110 cm³/mol. The molecule has 0 fully saturated rings. The van der Waals surface area contributed by atoms with E-state index in [1.54, 1.807) is 35.7 Å². The molecule has 146 valence electrons. The van der Waals surface area contributed by atoms with Crippen molar-refractivity contribution in [3.05, 3.63) is 76.0 Å². The highest BCUT2D eigenvalue weighted by atomic mass is 32.2. The second-order valence-electron chi connectivity index (χ2n) is 6.36. The number of carbonyl (C=O) groups excluding carboxylic acids is 1. The Labute approximate surface area is 172 Å². The molecule has 1 unspecified atom stereocenters. The summed E-state index contributed by atoms with van der Waals surface area (Å²) < 4.78 is 33.0. The van der Waals surface area contributed by atoms with Crippen LogP contribution in [-0.4, -0.2) is 20.9 Å². The quantitative estimate of drug-likeness (QED) is 0.620. The van der Waals surface area contributed by atoms with Crippen molar-refractivity contribution < 1.29 is 17.9 Å². The normalized spacial score (nSPS) is 15.8. The number of para-hydroxylation sites is 1. The summed E-state index contributed by atoms with van der Waals surface area (Å²) in [5, 5.41) is 12.5. The Balaban J connectivity index is 1.94. The molecule has 0 bridgehead atoms. The van der Waals surface area contributed by atoms with Crippen molar-refractivity contribution in [3.8, 4) is 11.8 Å². The van der Waals surface area contributed by atoms with Crippen molar-refractivity contribution in [2.45, 2.75) is 17.7 Å². The minimum atomic E-state index is -4.07. The SMILES string of the molecule is CCOc1ccccc1C1C(=O)N(S(=O)(=O)c2ccsc2)c2ccc(C#N)cc21. The van der Waals surface area contributed by atoms with Gasteiger partial charge in [-0.15, -0.1) is 0 Å². The van der Waals surface area contributed by atoms with Crippen molar-refractivity contribution in [3.63, 3.8) is 0 Å². The van der Waals surface area contributed by atoms with Gasteiger partial charge >= 0.3 is 0 Å². The number of amides is 1. The number of thiophene rings is 1. The highest BCUT2D eigenvalue weighted by Gasteiger charge is 2.46. The average Bonchev–Trinajstić information content (AvgIpc) is 3.35. The molecule has 0 aliphatic carbocycles. The molecule has 0 spiro atoms. The number of nitrogens with zero attached hydrogens (tertiary/aromatic N) is 2. The first-order chi connectivity index (χ1) is 14.0. The van der Waals surface area contributed by atoms with Gasteiger partial charge in [-0.3, -0.25) is 4.79 Å². The van der Waals surface area contributed by atoms with Gasteiger partial charge in [-0.05, 0) is 48.2 Å². The van der Waals surface area contributed by atoms with E-state index >= 15 is 0 Å². The fourth-order valence-electron chi connectivity index (χ4n) is 3.47. The molecule has 2 aromatic carbocycles. The van der Waals surface area contributed by atoms with E-state index < -0.39 is 21.8 Å². The molecule has 1 aliphatic rings. The zero-order valence-electron chi connectivity index (χ0n) is 15.4. The van der Waals surface area contributed by atoms with Crippen molar-refractivity contribution in [1.29, 1.82) is 5.26 Å². The van der Waals surface area contributed by atoms with Crippen LogP contribution < -0.4 is 9.04 Å². The Morgan fingerprint density at radius 3 is 2.66 bits per heavy atom. The number of nitriles is 1. The highest BCUT2D eigenvalue weighted by Crippen LogP contribution is 2.46. The van der Waals surface area contributed by atoms with E-state index in [1.807, 2.05) is 6.92 Å². The van der Waals surface area contributed by atoms with E-state index in [0.29, 0.717) is 29.0 Å². The molecule has 4 rings (SSSR count). The lowest BCUT2D eigenvalue weighted by atomic mass is 9.91. The van der Waals surface area contributed by atoms with Crippen molar-refractivity contribution >= 4 is 33.0 Å². The van der Waals surface area contributed by atoms with Crippen LogP contribution in [0.4, 0.5) is 5.69 Å². The maximum Gasteiger partial charge on any atom is 0.271 e. The third kappa shape index (κ3) is 3.09. The van der Waals surface area contributed by atoms with Crippen LogP contribution in [0.1, 0.15) is 29.5 Å². The van der Waals surface area contributed by atoms with E-state index in [-0.39, 0.29) is 10.6 Å². The van der Waals surface area contributed by atoms with Gasteiger partial charge in [0.2, 0.25) is 0 Å². The van der Waals surface area contributed by atoms with Crippen LogP contribution >= 0.6 is 11.3 Å². The first kappa shape index (κ1) is 19.2. The van der Waals surface area contributed by atoms with Crippen molar-refractivity contribution in [2.24, 2.45) is 0 Å². The standard InChI is InChI=1S/C21H16N2O4S2/c1-2-27-19-6-4-3-5-16(19)20-17-11-14(12-22)7-8-18(17)23(21(20)24)29(25,26)15-9-10-28-13-15/h3-11,13,20H,2H2,1H3. The maximum absolute atomic E-state index is 13.5. The molecule has 29 heavy (non-hydrogen) atoms. The van der Waals surface area contributed by atoms with E-state index in [4.69, 9.17) is 4.74 Å². The topological polar surface area (TPSA) is 87.5 Å². The monoisotopic (exact) mass is 424 g/mol. The van der Waals surface area contributed by atoms with Crippen LogP contribution in [0.5, 0.6) is 5.75 Å². The first-order valence-corrected chi connectivity index (χ1v) is 11.2. The number of fused-ring (bicyclic) bond motifs is 1. The Morgan fingerprint density at radius 2 is 1.97 bits per heavy atom. The highest BCUT2D eigenvalue weighted by molar-refractivity contribution is 7.93. The van der Waals surface area contributed by atoms with E-state index in [9.17, 15) is 18.5 Å². The summed E-state index contributed by atoms with van der Waals surface area (Å²) in [5.41, 5.74) is 1.65. The summed E-state index contributed by atoms with van der Waals surface area (Å²) in [6.45, 7) is 2.24. The first-order valence-electron chi connectivity index (χ1n) is 8.86. The summed E-state index contributed by atoms with van der Waals surface area (Å²) >= 11 is 1.24. The lowest BCUT2D eigenvalue weighted by Gasteiger charge is -2.18. The number of benzene rings is 2. The van der Waals surface area contributed by atoms with E-state index in [2.05, 4.69) is 6.07 Å². The maximum atomic E-state index is 13.5. The van der Waals surface area contributed by atoms with Crippen LogP contribution in [0.25, 0.3) is 0 Å².